The van der Waals surface area contributed by atoms with E-state index in [1.54, 1.807) is 19.1 Å². The highest BCUT2D eigenvalue weighted by Crippen LogP contribution is 2.26. The third kappa shape index (κ3) is 10.5. The number of hydrogen-bond acceptors (Lipinski definition) is 6. The minimum atomic E-state index is -0.837. The van der Waals surface area contributed by atoms with Crippen molar-refractivity contribution in [2.45, 2.75) is 84.5 Å². The van der Waals surface area contributed by atoms with Crippen LogP contribution in [0.25, 0.3) is 0 Å². The first-order valence-corrected chi connectivity index (χ1v) is 11.8. The van der Waals surface area contributed by atoms with Gasteiger partial charge in [-0.1, -0.05) is 69.9 Å². The number of carbonyl (C=O) groups is 2. The van der Waals surface area contributed by atoms with Crippen LogP contribution >= 0.6 is 0 Å². The van der Waals surface area contributed by atoms with Gasteiger partial charge in [-0.25, -0.2) is 4.79 Å². The molecular weight excluding hydrogens is 420 g/mol. The first-order valence-electron chi connectivity index (χ1n) is 11.8. The first-order chi connectivity index (χ1) is 15.8. The summed E-state index contributed by atoms with van der Waals surface area (Å²) >= 11 is 0. The Hall–Kier alpha value is -2.89. The van der Waals surface area contributed by atoms with Crippen molar-refractivity contribution in [3.63, 3.8) is 0 Å². The zero-order chi connectivity index (χ0) is 24.6. The van der Waals surface area contributed by atoms with Gasteiger partial charge in [-0.05, 0) is 38.2 Å². The molecule has 0 saturated heterocycles. The molecule has 0 aromatic carbocycles. The van der Waals surface area contributed by atoms with E-state index in [2.05, 4.69) is 11.7 Å². The molecule has 33 heavy (non-hydrogen) atoms. The minimum Gasteiger partial charge on any atom is -0.507 e. The number of Topliss-reactive ketones (excluding diaryl/α,β-unsaturated/α-hetero) is 1. The zero-order valence-electron chi connectivity index (χ0n) is 20.4. The fourth-order valence-corrected chi connectivity index (χ4v) is 3.27. The molecule has 1 aromatic rings. The molecule has 0 radical (unpaired) electrons. The van der Waals surface area contributed by atoms with E-state index in [4.69, 9.17) is 4.42 Å². The Labute approximate surface area is 197 Å². The van der Waals surface area contributed by atoms with Gasteiger partial charge in [0, 0.05) is 12.0 Å². The lowest BCUT2D eigenvalue weighted by Crippen LogP contribution is -2.16. The first kappa shape index (κ1) is 28.1. The Kier molecular flexibility index (Phi) is 13.5. The molecule has 1 atom stereocenters. The normalized spacial score (nSPS) is 13.0. The van der Waals surface area contributed by atoms with Crippen molar-refractivity contribution in [1.29, 1.82) is 0 Å². The van der Waals surface area contributed by atoms with Crippen molar-refractivity contribution in [3.8, 4) is 5.75 Å². The minimum absolute atomic E-state index is 0.146. The predicted octanol–water partition coefficient (Wildman–Crippen LogP) is 6.39. The van der Waals surface area contributed by atoms with Crippen LogP contribution in [0.5, 0.6) is 5.75 Å². The average molecular weight is 459 g/mol. The van der Waals surface area contributed by atoms with Crippen LogP contribution in [-0.2, 0) is 9.53 Å². The molecule has 0 fully saturated rings. The molecule has 0 unspecified atom stereocenters. The number of aromatic hydroxyl groups is 1. The quantitative estimate of drug-likeness (QED) is 0.0817. The van der Waals surface area contributed by atoms with E-state index in [-0.39, 0.29) is 29.6 Å². The number of allylic oxidation sites excluding steroid dienone is 5. The molecule has 0 amide bonds. The van der Waals surface area contributed by atoms with E-state index in [0.717, 1.165) is 12.8 Å². The van der Waals surface area contributed by atoms with Crippen molar-refractivity contribution < 1.29 is 23.8 Å². The van der Waals surface area contributed by atoms with Crippen LogP contribution in [0.1, 0.15) is 101 Å². The summed E-state index contributed by atoms with van der Waals surface area (Å²) in [6.07, 6.45) is 17.6. The largest absolute Gasteiger partial charge is 0.507 e. The van der Waals surface area contributed by atoms with Gasteiger partial charge in [0.1, 0.15) is 17.1 Å². The van der Waals surface area contributed by atoms with Crippen molar-refractivity contribution in [2.24, 2.45) is 0 Å². The molecule has 1 N–H and O–H groups in total. The van der Waals surface area contributed by atoms with Crippen LogP contribution < -0.4 is 5.63 Å². The number of hydrogen-bond donors (Lipinski definition) is 1. The highest BCUT2D eigenvalue weighted by molar-refractivity contribution is 6.09. The summed E-state index contributed by atoms with van der Waals surface area (Å²) < 4.78 is 9.91. The number of unbranched alkanes of at least 4 members (excludes halogenated alkanes) is 5. The Balaban J connectivity index is 2.70. The SMILES string of the molecule is CCCCCCC/C=C/C=C(\C)C(=O)c1c(O)cc([C@H](C)CC/C=C/CC(=O)OC)oc1=O. The van der Waals surface area contributed by atoms with Crippen LogP contribution in [0.4, 0.5) is 0 Å². The number of carbonyl (C=O) groups excluding carboxylic acids is 2. The molecule has 182 valence electrons. The van der Waals surface area contributed by atoms with E-state index in [1.807, 2.05) is 25.2 Å². The van der Waals surface area contributed by atoms with Gasteiger partial charge in [0.25, 0.3) is 0 Å². The highest BCUT2D eigenvalue weighted by Gasteiger charge is 2.21. The molecule has 1 rings (SSSR count). The van der Waals surface area contributed by atoms with Crippen molar-refractivity contribution in [3.05, 3.63) is 63.8 Å². The van der Waals surface area contributed by atoms with Gasteiger partial charge < -0.3 is 14.3 Å². The third-order valence-corrected chi connectivity index (χ3v) is 5.42. The fourth-order valence-electron chi connectivity index (χ4n) is 3.27. The summed E-state index contributed by atoms with van der Waals surface area (Å²) in [6.45, 7) is 5.67. The van der Waals surface area contributed by atoms with Crippen LogP contribution in [-0.4, -0.2) is 24.0 Å². The molecule has 1 heterocycles. The Bertz CT molecular complexity index is 904. The fraction of sp³-hybridized carbons (Fsp3) is 0.519. The molecule has 0 aliphatic rings. The summed E-state index contributed by atoms with van der Waals surface area (Å²) in [5.74, 6) is -1.05. The molecular formula is C27H38O6. The molecule has 0 aliphatic heterocycles. The predicted molar refractivity (Wildman–Crippen MR) is 131 cm³/mol. The maximum absolute atomic E-state index is 12.7. The van der Waals surface area contributed by atoms with Crippen molar-refractivity contribution in [2.75, 3.05) is 7.11 Å². The Morgan fingerprint density at radius 3 is 2.52 bits per heavy atom. The lowest BCUT2D eigenvalue weighted by atomic mass is 9.99. The second-order valence-corrected chi connectivity index (χ2v) is 8.24. The van der Waals surface area contributed by atoms with Gasteiger partial charge in [-0.15, -0.1) is 0 Å². The Morgan fingerprint density at radius 1 is 1.12 bits per heavy atom. The second kappa shape index (κ2) is 15.8. The van der Waals surface area contributed by atoms with Gasteiger partial charge in [0.05, 0.1) is 13.5 Å². The summed E-state index contributed by atoms with van der Waals surface area (Å²) in [4.78, 5) is 36.2. The van der Waals surface area contributed by atoms with Crippen LogP contribution in [0.2, 0.25) is 0 Å². The van der Waals surface area contributed by atoms with E-state index in [1.165, 1.54) is 38.9 Å². The topological polar surface area (TPSA) is 93.8 Å². The number of ether oxygens (including phenoxy) is 1. The molecule has 1 aromatic heterocycles. The van der Waals surface area contributed by atoms with Crippen molar-refractivity contribution in [1.82, 2.24) is 0 Å². The average Bonchev–Trinajstić information content (AvgIpc) is 2.79. The van der Waals surface area contributed by atoms with Gasteiger partial charge >= 0.3 is 11.6 Å². The zero-order valence-corrected chi connectivity index (χ0v) is 20.4. The maximum atomic E-state index is 12.7. The second-order valence-electron chi connectivity index (χ2n) is 8.24. The molecule has 0 saturated carbocycles. The van der Waals surface area contributed by atoms with E-state index < -0.39 is 11.4 Å². The van der Waals surface area contributed by atoms with Gasteiger partial charge in [-0.2, -0.15) is 0 Å². The van der Waals surface area contributed by atoms with E-state index in [0.29, 0.717) is 24.2 Å². The summed E-state index contributed by atoms with van der Waals surface area (Å²) in [7, 11) is 1.34. The molecule has 0 spiro atoms. The number of rotatable bonds is 15. The van der Waals surface area contributed by atoms with Crippen LogP contribution in [0.15, 0.2) is 51.2 Å². The van der Waals surface area contributed by atoms with Crippen LogP contribution in [0, 0.1) is 0 Å². The van der Waals surface area contributed by atoms with Gasteiger partial charge in [0.15, 0.2) is 5.78 Å². The van der Waals surface area contributed by atoms with Crippen LogP contribution in [0.3, 0.4) is 0 Å². The van der Waals surface area contributed by atoms with E-state index in [9.17, 15) is 19.5 Å². The summed E-state index contributed by atoms with van der Waals surface area (Å²) in [5, 5.41) is 10.4. The smallest absolute Gasteiger partial charge is 0.351 e. The third-order valence-electron chi connectivity index (χ3n) is 5.42. The number of ketones is 1. The molecule has 0 bridgehead atoms. The number of methoxy groups -OCH3 is 1. The van der Waals surface area contributed by atoms with Gasteiger partial charge in [0.2, 0.25) is 0 Å². The maximum Gasteiger partial charge on any atom is 0.351 e. The Morgan fingerprint density at radius 2 is 1.85 bits per heavy atom. The van der Waals surface area contributed by atoms with Gasteiger partial charge in [-0.3, -0.25) is 9.59 Å². The standard InChI is InChI=1S/C27H38O6/c1-5-6-7-8-9-10-11-13-17-21(3)26(30)25-22(28)19-23(33-27(25)31)20(2)16-14-12-15-18-24(29)32-4/h11-13,15,17,19-20,28H,5-10,14,16,18H2,1-4H3/b13-11+,15-12+,21-17+/t20-/m1/s1. The summed E-state index contributed by atoms with van der Waals surface area (Å²) in [6, 6.07) is 1.34. The number of esters is 1. The lowest BCUT2D eigenvalue weighted by Gasteiger charge is -2.11. The lowest BCUT2D eigenvalue weighted by molar-refractivity contribution is -0.139. The monoisotopic (exact) mass is 458 g/mol. The molecule has 6 heteroatoms. The molecule has 0 aliphatic carbocycles. The van der Waals surface area contributed by atoms with Crippen molar-refractivity contribution >= 4 is 11.8 Å². The highest BCUT2D eigenvalue weighted by atomic mass is 16.5. The molecule has 6 nitrogen and oxygen atoms in total. The summed E-state index contributed by atoms with van der Waals surface area (Å²) in [5.41, 5.74) is -0.822. The van der Waals surface area contributed by atoms with E-state index >= 15 is 0 Å².